The van der Waals surface area contributed by atoms with E-state index in [-0.39, 0.29) is 35.0 Å². The molecule has 0 atom stereocenters. The van der Waals surface area contributed by atoms with E-state index in [1.807, 2.05) is 14.7 Å². The first-order valence-electron chi connectivity index (χ1n) is 11.1. The average Bonchev–Trinajstić information content (AvgIpc) is 2.84. The van der Waals surface area contributed by atoms with Crippen LogP contribution in [0.15, 0.2) is 30.6 Å². The number of aromatic nitrogens is 2. The highest BCUT2D eigenvalue weighted by Gasteiger charge is 2.34. The van der Waals surface area contributed by atoms with Gasteiger partial charge in [-0.2, -0.15) is 0 Å². The fraction of sp³-hybridized carbons (Fsp3) is 0.500. The Morgan fingerprint density at radius 2 is 1.64 bits per heavy atom. The van der Waals surface area contributed by atoms with E-state index in [0.717, 1.165) is 0 Å². The lowest BCUT2D eigenvalue weighted by molar-refractivity contribution is -0.383. The van der Waals surface area contributed by atoms with Gasteiger partial charge in [0, 0.05) is 39.3 Å². The van der Waals surface area contributed by atoms with Crippen LogP contribution in [-0.2, 0) is 9.53 Å². The van der Waals surface area contributed by atoms with Gasteiger partial charge in [-0.3, -0.25) is 14.9 Å². The van der Waals surface area contributed by atoms with Crippen LogP contribution in [0.1, 0.15) is 19.8 Å². The highest BCUT2D eigenvalue weighted by molar-refractivity contribution is 5.74. The van der Waals surface area contributed by atoms with E-state index in [9.17, 15) is 19.3 Å². The van der Waals surface area contributed by atoms with Gasteiger partial charge in [0.15, 0.2) is 0 Å². The zero-order valence-electron chi connectivity index (χ0n) is 18.5. The van der Waals surface area contributed by atoms with Crippen LogP contribution in [0.3, 0.4) is 0 Å². The largest absolute Gasteiger partial charge is 0.466 e. The van der Waals surface area contributed by atoms with Crippen LogP contribution in [0.2, 0.25) is 0 Å². The molecule has 176 valence electrons. The SMILES string of the molecule is CCOC(=O)C1CCN(c2ncnc(N3CCN(c4ccccc4F)CC3)c2[N+](=O)[O-])CC1. The fourth-order valence-corrected chi connectivity index (χ4v) is 4.44. The molecule has 1 aromatic carbocycles. The third-order valence-electron chi connectivity index (χ3n) is 6.15. The molecule has 0 unspecified atom stereocenters. The predicted molar refractivity (Wildman–Crippen MR) is 121 cm³/mol. The number of nitrogens with zero attached hydrogens (tertiary/aromatic N) is 6. The molecular formula is C22H27FN6O4. The van der Waals surface area contributed by atoms with Gasteiger partial charge in [0.25, 0.3) is 0 Å². The minimum atomic E-state index is -0.439. The first-order valence-corrected chi connectivity index (χ1v) is 11.1. The Morgan fingerprint density at radius 1 is 1.06 bits per heavy atom. The third-order valence-corrected chi connectivity index (χ3v) is 6.15. The number of carbonyl (C=O) groups is 1. The minimum Gasteiger partial charge on any atom is -0.466 e. The molecule has 0 bridgehead atoms. The summed E-state index contributed by atoms with van der Waals surface area (Å²) >= 11 is 0. The van der Waals surface area contributed by atoms with Gasteiger partial charge in [0.2, 0.25) is 11.6 Å². The van der Waals surface area contributed by atoms with Gasteiger partial charge in [-0.05, 0) is 31.9 Å². The zero-order valence-corrected chi connectivity index (χ0v) is 18.5. The third kappa shape index (κ3) is 4.81. The average molecular weight is 458 g/mol. The molecule has 0 aliphatic carbocycles. The Bertz CT molecular complexity index is 1010. The number of hydrogen-bond acceptors (Lipinski definition) is 9. The number of piperidine rings is 1. The van der Waals surface area contributed by atoms with Crippen molar-refractivity contribution in [2.24, 2.45) is 5.92 Å². The van der Waals surface area contributed by atoms with Gasteiger partial charge in [-0.15, -0.1) is 0 Å². The molecule has 0 spiro atoms. The molecule has 0 saturated carbocycles. The van der Waals surface area contributed by atoms with Crippen LogP contribution >= 0.6 is 0 Å². The highest BCUT2D eigenvalue weighted by Crippen LogP contribution is 2.36. The van der Waals surface area contributed by atoms with E-state index in [4.69, 9.17) is 4.74 Å². The molecule has 2 aliphatic heterocycles. The number of nitro groups is 1. The number of hydrogen-bond donors (Lipinski definition) is 0. The maximum absolute atomic E-state index is 14.1. The van der Waals surface area contributed by atoms with Crippen molar-refractivity contribution in [2.75, 3.05) is 60.6 Å². The number of benzene rings is 1. The van der Waals surface area contributed by atoms with Gasteiger partial charge < -0.3 is 19.4 Å². The first kappa shape index (κ1) is 22.7. The summed E-state index contributed by atoms with van der Waals surface area (Å²) in [5, 5.41) is 12.1. The van der Waals surface area contributed by atoms with Crippen LogP contribution in [0, 0.1) is 21.8 Å². The zero-order chi connectivity index (χ0) is 23.4. The van der Waals surface area contributed by atoms with Gasteiger partial charge in [-0.1, -0.05) is 12.1 Å². The van der Waals surface area contributed by atoms with E-state index >= 15 is 0 Å². The van der Waals surface area contributed by atoms with Crippen molar-refractivity contribution in [1.82, 2.24) is 9.97 Å². The van der Waals surface area contributed by atoms with Gasteiger partial charge in [0.1, 0.15) is 12.1 Å². The van der Waals surface area contributed by atoms with Gasteiger partial charge in [-0.25, -0.2) is 14.4 Å². The molecular weight excluding hydrogens is 431 g/mol. The first-order chi connectivity index (χ1) is 16.0. The fourth-order valence-electron chi connectivity index (χ4n) is 4.44. The molecule has 11 heteroatoms. The Hall–Kier alpha value is -3.50. The highest BCUT2D eigenvalue weighted by atomic mass is 19.1. The molecule has 1 aromatic heterocycles. The summed E-state index contributed by atoms with van der Waals surface area (Å²) < 4.78 is 19.2. The number of anilines is 3. The number of piperazine rings is 1. The van der Waals surface area contributed by atoms with Crippen molar-refractivity contribution < 1.29 is 18.8 Å². The normalized spacial score (nSPS) is 17.2. The lowest BCUT2D eigenvalue weighted by atomic mass is 9.97. The maximum atomic E-state index is 14.1. The lowest BCUT2D eigenvalue weighted by Gasteiger charge is -2.37. The van der Waals surface area contributed by atoms with Crippen LogP contribution in [0.25, 0.3) is 0 Å². The summed E-state index contributed by atoms with van der Waals surface area (Å²) in [6.45, 7) is 5.03. The Morgan fingerprint density at radius 3 is 2.21 bits per heavy atom. The summed E-state index contributed by atoms with van der Waals surface area (Å²) in [6.07, 6.45) is 2.45. The van der Waals surface area contributed by atoms with Crippen LogP contribution in [0.4, 0.5) is 27.4 Å². The number of halogens is 1. The number of carbonyl (C=O) groups excluding carboxylic acids is 1. The molecule has 2 fully saturated rings. The van der Waals surface area contributed by atoms with E-state index < -0.39 is 4.92 Å². The van der Waals surface area contributed by atoms with Crippen molar-refractivity contribution in [2.45, 2.75) is 19.8 Å². The summed E-state index contributed by atoms with van der Waals surface area (Å²) in [6, 6.07) is 6.60. The second kappa shape index (κ2) is 9.97. The molecule has 3 heterocycles. The lowest BCUT2D eigenvalue weighted by Crippen LogP contribution is -2.47. The molecule has 10 nitrogen and oxygen atoms in total. The van der Waals surface area contributed by atoms with E-state index in [1.54, 1.807) is 25.1 Å². The van der Waals surface area contributed by atoms with E-state index in [1.165, 1.54) is 12.4 Å². The predicted octanol–water partition coefficient (Wildman–Crippen LogP) is 2.63. The van der Waals surface area contributed by atoms with Crippen molar-refractivity contribution in [3.8, 4) is 0 Å². The maximum Gasteiger partial charge on any atom is 0.353 e. The minimum absolute atomic E-state index is 0.133. The van der Waals surface area contributed by atoms with Crippen molar-refractivity contribution in [3.63, 3.8) is 0 Å². The number of esters is 1. The molecule has 0 N–H and O–H groups in total. The van der Waals surface area contributed by atoms with Crippen molar-refractivity contribution in [3.05, 3.63) is 46.5 Å². The topological polar surface area (TPSA) is 105 Å². The van der Waals surface area contributed by atoms with Crippen LogP contribution < -0.4 is 14.7 Å². The Balaban J connectivity index is 1.49. The molecule has 0 radical (unpaired) electrons. The van der Waals surface area contributed by atoms with E-state index in [2.05, 4.69) is 9.97 Å². The van der Waals surface area contributed by atoms with Crippen LogP contribution in [0.5, 0.6) is 0 Å². The smallest absolute Gasteiger partial charge is 0.353 e. The van der Waals surface area contributed by atoms with Crippen molar-refractivity contribution >= 4 is 29.0 Å². The van der Waals surface area contributed by atoms with Gasteiger partial charge in [0.05, 0.1) is 23.1 Å². The quantitative estimate of drug-likeness (QED) is 0.367. The summed E-state index contributed by atoms with van der Waals surface area (Å²) in [4.78, 5) is 37.7. The Labute approximate surface area is 191 Å². The molecule has 2 saturated heterocycles. The standard InChI is InChI=1S/C22H27FN6O4/c1-2-33-22(30)16-7-9-27(10-8-16)20-19(29(31)32)21(25-15-24-20)28-13-11-26(12-14-28)18-6-4-3-5-17(18)23/h3-6,15-16H,2,7-14H2,1H3. The summed E-state index contributed by atoms with van der Waals surface area (Å²) in [5.41, 5.74) is 0.394. The Kier molecular flexibility index (Phi) is 6.85. The molecule has 4 rings (SSSR count). The molecule has 33 heavy (non-hydrogen) atoms. The van der Waals surface area contributed by atoms with Crippen LogP contribution in [-0.4, -0.2) is 66.7 Å². The van der Waals surface area contributed by atoms with Crippen molar-refractivity contribution in [1.29, 1.82) is 0 Å². The number of rotatable bonds is 6. The van der Waals surface area contributed by atoms with Gasteiger partial charge >= 0.3 is 11.7 Å². The number of ether oxygens (including phenoxy) is 1. The molecule has 0 amide bonds. The molecule has 2 aromatic rings. The number of para-hydroxylation sites is 1. The van der Waals surface area contributed by atoms with E-state index in [0.29, 0.717) is 64.4 Å². The second-order valence-corrected chi connectivity index (χ2v) is 8.07. The monoisotopic (exact) mass is 458 g/mol. The molecule has 2 aliphatic rings. The second-order valence-electron chi connectivity index (χ2n) is 8.07. The summed E-state index contributed by atoms with van der Waals surface area (Å²) in [5.74, 6) is -0.169. The summed E-state index contributed by atoms with van der Waals surface area (Å²) in [7, 11) is 0.